The first-order valence-corrected chi connectivity index (χ1v) is 6.66. The summed E-state index contributed by atoms with van der Waals surface area (Å²) in [4.78, 5) is -0.143. The van der Waals surface area contributed by atoms with Gasteiger partial charge in [-0.05, 0) is 57.2 Å². The Morgan fingerprint density at radius 2 is 1.71 bits per heavy atom. The second kappa shape index (κ2) is 4.53. The summed E-state index contributed by atoms with van der Waals surface area (Å²) < 4.78 is 43.8. The molecule has 0 spiro atoms. The van der Waals surface area contributed by atoms with E-state index in [4.69, 9.17) is 5.73 Å². The fourth-order valence-electron chi connectivity index (χ4n) is 1.55. The van der Waals surface area contributed by atoms with Crippen LogP contribution in [0.4, 0.5) is 5.69 Å². The molecule has 0 fully saturated rings. The van der Waals surface area contributed by atoms with E-state index in [2.05, 4.69) is 0 Å². The predicted octanol–water partition coefficient (Wildman–Crippen LogP) is 0.898. The molecule has 0 aliphatic carbocycles. The number of hydrogen-bond donors (Lipinski definition) is 1. The highest BCUT2D eigenvalue weighted by molar-refractivity contribution is 7.80. The molecule has 0 bridgehead atoms. The summed E-state index contributed by atoms with van der Waals surface area (Å²) in [5.74, 6) is 0. The van der Waals surface area contributed by atoms with E-state index in [0.717, 1.165) is 6.07 Å². The molecule has 2 aromatic carbocycles. The zero-order valence-electron chi connectivity index (χ0n) is 8.41. The summed E-state index contributed by atoms with van der Waals surface area (Å²) in [6.45, 7) is 0. The van der Waals surface area contributed by atoms with Crippen molar-refractivity contribution in [3.05, 3.63) is 30.3 Å². The minimum Gasteiger partial charge on any atom is -0.768 e. The summed E-state index contributed by atoms with van der Waals surface area (Å²) in [6.07, 6.45) is 0. The highest BCUT2D eigenvalue weighted by Gasteiger charge is 2.06. The molecule has 2 N–H and O–H groups in total. The van der Waals surface area contributed by atoms with E-state index in [1.54, 1.807) is 12.1 Å². The fourth-order valence-corrected chi connectivity index (χ4v) is 2.64. The number of hydrogen-bond acceptors (Lipinski definition) is 5. The molecule has 2 atom stereocenters. The lowest BCUT2D eigenvalue weighted by molar-refractivity contribution is 0.535. The third kappa shape index (κ3) is 2.37. The quantitative estimate of drug-likeness (QED) is 0.644. The van der Waals surface area contributed by atoms with Crippen LogP contribution in [0.1, 0.15) is 0 Å². The van der Waals surface area contributed by atoms with Gasteiger partial charge >= 0.3 is 0 Å². The van der Waals surface area contributed by atoms with Gasteiger partial charge in [-0.25, -0.2) is 0 Å². The lowest BCUT2D eigenvalue weighted by atomic mass is 10.1. The third-order valence-corrected chi connectivity index (χ3v) is 3.60. The fraction of sp³-hybridized carbons (Fsp3) is 0. The maximum atomic E-state index is 11.1. The Labute approximate surface area is 102 Å². The van der Waals surface area contributed by atoms with Gasteiger partial charge in [-0.3, -0.25) is 8.42 Å². The molecule has 2 unspecified atom stereocenters. The van der Waals surface area contributed by atoms with E-state index < -0.39 is 22.2 Å². The minimum absolute atomic E-state index is 0.0681. The van der Waals surface area contributed by atoms with Crippen LogP contribution in [0.3, 0.4) is 0 Å². The zero-order valence-corrected chi connectivity index (χ0v) is 10.0. The van der Waals surface area contributed by atoms with Crippen LogP contribution in [0.2, 0.25) is 0 Å². The molecule has 90 valence electrons. The molecule has 2 rings (SSSR count). The van der Waals surface area contributed by atoms with Crippen LogP contribution in [-0.4, -0.2) is 17.5 Å². The second-order valence-corrected chi connectivity index (χ2v) is 5.22. The van der Waals surface area contributed by atoms with Crippen LogP contribution < -0.4 is 5.73 Å². The van der Waals surface area contributed by atoms with Crippen LogP contribution in [0, 0.1) is 0 Å². The Morgan fingerprint density at radius 3 is 2.29 bits per heavy atom. The van der Waals surface area contributed by atoms with E-state index in [-0.39, 0.29) is 9.79 Å². The standard InChI is InChI=1S/C10H9NO4S2/c11-7-2-1-6-3-8(16(12)13)5-10(17(14)15)9(6)4-7/h1-5H,11H2,(H,12,13)(H,14,15)/p-2. The molecule has 0 saturated carbocycles. The van der Waals surface area contributed by atoms with E-state index in [1.807, 2.05) is 0 Å². The summed E-state index contributed by atoms with van der Waals surface area (Å²) in [6, 6.07) is 7.16. The van der Waals surface area contributed by atoms with Gasteiger partial charge in [0.1, 0.15) is 0 Å². The molecule has 0 saturated heterocycles. The van der Waals surface area contributed by atoms with Crippen molar-refractivity contribution in [1.82, 2.24) is 0 Å². The molecule has 0 aliphatic rings. The van der Waals surface area contributed by atoms with Crippen molar-refractivity contribution in [2.75, 3.05) is 5.73 Å². The van der Waals surface area contributed by atoms with Crippen molar-refractivity contribution in [2.24, 2.45) is 0 Å². The van der Waals surface area contributed by atoms with E-state index in [1.165, 1.54) is 12.1 Å². The van der Waals surface area contributed by atoms with Gasteiger partial charge in [-0.1, -0.05) is 6.07 Å². The lowest BCUT2D eigenvalue weighted by Crippen LogP contribution is -1.97. The van der Waals surface area contributed by atoms with Crippen LogP contribution in [0.15, 0.2) is 40.1 Å². The highest BCUT2D eigenvalue weighted by Crippen LogP contribution is 2.26. The van der Waals surface area contributed by atoms with Gasteiger partial charge in [0.15, 0.2) is 0 Å². The number of rotatable bonds is 2. The molecule has 17 heavy (non-hydrogen) atoms. The largest absolute Gasteiger partial charge is 0.768 e. The van der Waals surface area contributed by atoms with E-state index >= 15 is 0 Å². The van der Waals surface area contributed by atoms with Crippen LogP contribution in [-0.2, 0) is 22.2 Å². The average Bonchev–Trinajstić information content (AvgIpc) is 2.27. The predicted molar refractivity (Wildman–Crippen MR) is 62.7 cm³/mol. The second-order valence-electron chi connectivity index (χ2n) is 3.37. The molecule has 7 heteroatoms. The van der Waals surface area contributed by atoms with Gasteiger partial charge in [0, 0.05) is 15.5 Å². The molecule has 5 nitrogen and oxygen atoms in total. The monoisotopic (exact) mass is 269 g/mol. The molecule has 0 radical (unpaired) electrons. The first kappa shape index (κ1) is 12.2. The van der Waals surface area contributed by atoms with Crippen LogP contribution in [0.25, 0.3) is 10.8 Å². The van der Waals surface area contributed by atoms with Gasteiger partial charge in [-0.15, -0.1) is 0 Å². The van der Waals surface area contributed by atoms with Crippen molar-refractivity contribution in [3.8, 4) is 0 Å². The molecule has 2 aromatic rings. The van der Waals surface area contributed by atoms with Crippen LogP contribution in [0.5, 0.6) is 0 Å². The van der Waals surface area contributed by atoms with Gasteiger partial charge in [0.05, 0.1) is 0 Å². The van der Waals surface area contributed by atoms with E-state index in [9.17, 15) is 17.5 Å². The Morgan fingerprint density at radius 1 is 1.00 bits per heavy atom. The minimum atomic E-state index is -2.52. The molecule has 0 aliphatic heterocycles. The summed E-state index contributed by atoms with van der Waals surface area (Å²) in [5.41, 5.74) is 5.98. The van der Waals surface area contributed by atoms with Crippen LogP contribution >= 0.6 is 0 Å². The van der Waals surface area contributed by atoms with Gasteiger partial charge in [-0.2, -0.15) is 0 Å². The molecule has 0 heterocycles. The molecular weight excluding hydrogens is 262 g/mol. The number of anilines is 1. The Bertz CT molecular complexity index is 641. The third-order valence-electron chi connectivity index (χ3n) is 2.29. The highest BCUT2D eigenvalue weighted by atomic mass is 32.2. The topological polar surface area (TPSA) is 106 Å². The van der Waals surface area contributed by atoms with Crippen molar-refractivity contribution in [1.29, 1.82) is 0 Å². The summed E-state index contributed by atoms with van der Waals surface area (Å²) in [7, 11) is 0. The van der Waals surface area contributed by atoms with E-state index in [0.29, 0.717) is 16.5 Å². The normalized spacial score (nSPS) is 14.7. The Kier molecular flexibility index (Phi) is 3.25. The zero-order chi connectivity index (χ0) is 12.6. The molecule has 0 aromatic heterocycles. The molecule has 0 amide bonds. The SMILES string of the molecule is Nc1ccc2cc(S(=O)[O-])cc(S(=O)[O-])c2c1. The maximum Gasteiger partial charge on any atom is 0.0339 e. The number of nitrogen functional groups attached to an aromatic ring is 1. The summed E-state index contributed by atoms with van der Waals surface area (Å²) in [5, 5.41) is 0.924. The van der Waals surface area contributed by atoms with Gasteiger partial charge < -0.3 is 14.8 Å². The Hall–Kier alpha value is -1.28. The van der Waals surface area contributed by atoms with Crippen molar-refractivity contribution >= 4 is 38.6 Å². The maximum absolute atomic E-state index is 11.1. The van der Waals surface area contributed by atoms with Crippen molar-refractivity contribution in [3.63, 3.8) is 0 Å². The number of fused-ring (bicyclic) bond motifs is 1. The first-order valence-electron chi connectivity index (χ1n) is 4.51. The first-order chi connectivity index (χ1) is 7.99. The lowest BCUT2D eigenvalue weighted by Gasteiger charge is -2.14. The molecular formula is C10H7NO4S2-2. The average molecular weight is 269 g/mol. The van der Waals surface area contributed by atoms with Gasteiger partial charge in [0.25, 0.3) is 0 Å². The number of benzene rings is 2. The van der Waals surface area contributed by atoms with Gasteiger partial charge in [0.2, 0.25) is 0 Å². The Balaban J connectivity index is 2.86. The van der Waals surface area contributed by atoms with Crippen molar-refractivity contribution in [2.45, 2.75) is 9.79 Å². The smallest absolute Gasteiger partial charge is 0.0339 e. The summed E-state index contributed by atoms with van der Waals surface area (Å²) >= 11 is -4.99. The number of nitrogens with two attached hydrogens (primary N) is 1. The van der Waals surface area contributed by atoms with Crippen molar-refractivity contribution < 1.29 is 17.5 Å².